The number of anilines is 1. The maximum absolute atomic E-state index is 5.89. The van der Waals surface area contributed by atoms with Gasteiger partial charge in [0.25, 0.3) is 0 Å². The highest BCUT2D eigenvalue weighted by molar-refractivity contribution is 7.09. The summed E-state index contributed by atoms with van der Waals surface area (Å²) in [6.45, 7) is 2.51. The fourth-order valence-corrected chi connectivity index (χ4v) is 4.30. The maximum atomic E-state index is 5.89. The zero-order chi connectivity index (χ0) is 18.8. The minimum atomic E-state index is 0.256. The molecule has 1 atom stereocenters. The van der Waals surface area contributed by atoms with Gasteiger partial charge in [-0.05, 0) is 36.4 Å². The molecule has 6 nitrogen and oxygen atoms in total. The molecule has 1 aliphatic heterocycles. The molecular weight excluding hydrogens is 370 g/mol. The Balaban J connectivity index is 1.52. The molecule has 0 N–H and O–H groups in total. The van der Waals surface area contributed by atoms with Gasteiger partial charge < -0.3 is 9.64 Å². The standard InChI is InChI=1S/C21H21N5OS/c1-2-6-16(7-3-1)21-23-22-19-10-11-20(24-26(19)21)25(14-17-8-4-12-27-17)15-18-9-5-13-28-18/h1-3,5-7,9-11,13,17H,4,8,12,14-15H2. The fraction of sp³-hybridized carbons (Fsp3) is 0.286. The lowest BCUT2D eigenvalue weighted by atomic mass is 10.2. The summed E-state index contributed by atoms with van der Waals surface area (Å²) >= 11 is 1.77. The van der Waals surface area contributed by atoms with Crippen molar-refractivity contribution in [2.75, 3.05) is 18.1 Å². The van der Waals surface area contributed by atoms with Gasteiger partial charge in [-0.2, -0.15) is 4.52 Å². The highest BCUT2D eigenvalue weighted by Gasteiger charge is 2.21. The van der Waals surface area contributed by atoms with Gasteiger partial charge in [-0.15, -0.1) is 26.6 Å². The predicted molar refractivity (Wildman–Crippen MR) is 111 cm³/mol. The van der Waals surface area contributed by atoms with Crippen LogP contribution < -0.4 is 4.90 Å². The van der Waals surface area contributed by atoms with Crippen molar-refractivity contribution in [3.8, 4) is 11.4 Å². The van der Waals surface area contributed by atoms with Crippen molar-refractivity contribution in [3.05, 3.63) is 64.9 Å². The van der Waals surface area contributed by atoms with Crippen LogP contribution in [0.2, 0.25) is 0 Å². The van der Waals surface area contributed by atoms with Gasteiger partial charge in [-0.3, -0.25) is 0 Å². The number of hydrogen-bond acceptors (Lipinski definition) is 6. The van der Waals surface area contributed by atoms with Crippen LogP contribution in [0.25, 0.3) is 17.0 Å². The zero-order valence-electron chi connectivity index (χ0n) is 15.4. The first-order valence-electron chi connectivity index (χ1n) is 9.54. The van der Waals surface area contributed by atoms with E-state index in [1.807, 2.05) is 47.0 Å². The highest BCUT2D eigenvalue weighted by atomic mass is 32.1. The number of ether oxygens (including phenoxy) is 1. The van der Waals surface area contributed by atoms with Crippen LogP contribution in [0.4, 0.5) is 5.82 Å². The first kappa shape index (κ1) is 17.3. The summed E-state index contributed by atoms with van der Waals surface area (Å²) in [6.07, 6.45) is 2.49. The van der Waals surface area contributed by atoms with E-state index < -0.39 is 0 Å². The first-order valence-corrected chi connectivity index (χ1v) is 10.4. The molecule has 4 aromatic rings. The Hall–Kier alpha value is -2.77. The quantitative estimate of drug-likeness (QED) is 0.497. The van der Waals surface area contributed by atoms with Gasteiger partial charge in [-0.1, -0.05) is 36.4 Å². The minimum Gasteiger partial charge on any atom is -0.376 e. The molecule has 28 heavy (non-hydrogen) atoms. The average molecular weight is 392 g/mol. The monoisotopic (exact) mass is 391 g/mol. The van der Waals surface area contributed by atoms with Crippen molar-refractivity contribution in [2.24, 2.45) is 0 Å². The molecule has 142 valence electrons. The Kier molecular flexibility index (Phi) is 4.76. The summed E-state index contributed by atoms with van der Waals surface area (Å²) in [4.78, 5) is 3.61. The van der Waals surface area contributed by atoms with E-state index in [2.05, 4.69) is 32.6 Å². The summed E-state index contributed by atoms with van der Waals surface area (Å²) < 4.78 is 7.73. The van der Waals surface area contributed by atoms with Crippen LogP contribution in [0, 0.1) is 0 Å². The summed E-state index contributed by atoms with van der Waals surface area (Å²) in [6, 6.07) is 18.3. The van der Waals surface area contributed by atoms with E-state index in [0.717, 1.165) is 55.4 Å². The van der Waals surface area contributed by atoms with E-state index in [0.29, 0.717) is 0 Å². The van der Waals surface area contributed by atoms with Gasteiger partial charge in [0.2, 0.25) is 0 Å². The topological polar surface area (TPSA) is 55.5 Å². The largest absolute Gasteiger partial charge is 0.376 e. The Morgan fingerprint density at radius 2 is 2.00 bits per heavy atom. The first-order chi connectivity index (χ1) is 13.9. The van der Waals surface area contributed by atoms with Crippen molar-refractivity contribution in [1.82, 2.24) is 19.8 Å². The van der Waals surface area contributed by atoms with Gasteiger partial charge in [0.15, 0.2) is 11.5 Å². The van der Waals surface area contributed by atoms with E-state index in [1.54, 1.807) is 11.3 Å². The molecule has 4 heterocycles. The number of fused-ring (bicyclic) bond motifs is 1. The number of aromatic nitrogens is 4. The molecule has 3 aromatic heterocycles. The normalized spacial score (nSPS) is 16.6. The molecule has 0 saturated carbocycles. The molecule has 1 aromatic carbocycles. The lowest BCUT2D eigenvalue weighted by Gasteiger charge is -2.26. The molecule has 1 saturated heterocycles. The molecule has 0 aliphatic carbocycles. The number of benzene rings is 1. The van der Waals surface area contributed by atoms with Crippen molar-refractivity contribution in [2.45, 2.75) is 25.5 Å². The van der Waals surface area contributed by atoms with Crippen molar-refractivity contribution in [3.63, 3.8) is 0 Å². The Bertz CT molecular complexity index is 1040. The summed E-state index contributed by atoms with van der Waals surface area (Å²) in [5.74, 6) is 1.67. The Labute approximate surface area is 167 Å². The molecule has 5 rings (SSSR count). The third-order valence-electron chi connectivity index (χ3n) is 4.98. The summed E-state index contributed by atoms with van der Waals surface area (Å²) in [7, 11) is 0. The lowest BCUT2D eigenvalue weighted by molar-refractivity contribution is 0.115. The molecular formula is C21H21N5OS. The van der Waals surface area contributed by atoms with Crippen molar-refractivity contribution < 1.29 is 4.74 Å². The second kappa shape index (κ2) is 7.69. The smallest absolute Gasteiger partial charge is 0.185 e. The number of rotatable bonds is 6. The second-order valence-electron chi connectivity index (χ2n) is 6.95. The van der Waals surface area contributed by atoms with Crippen LogP contribution in [0.15, 0.2) is 60.0 Å². The third kappa shape index (κ3) is 3.50. The number of nitrogens with zero attached hydrogens (tertiary/aromatic N) is 5. The second-order valence-corrected chi connectivity index (χ2v) is 7.98. The molecule has 0 radical (unpaired) electrons. The van der Waals surface area contributed by atoms with Gasteiger partial charge in [0.1, 0.15) is 5.82 Å². The van der Waals surface area contributed by atoms with Crippen LogP contribution in [-0.2, 0) is 11.3 Å². The molecule has 0 amide bonds. The summed E-state index contributed by atoms with van der Waals surface area (Å²) in [5.41, 5.74) is 1.75. The van der Waals surface area contributed by atoms with Gasteiger partial charge in [0.05, 0.1) is 12.6 Å². The van der Waals surface area contributed by atoms with E-state index in [-0.39, 0.29) is 6.10 Å². The fourth-order valence-electron chi connectivity index (χ4n) is 3.58. The molecule has 1 fully saturated rings. The van der Waals surface area contributed by atoms with Gasteiger partial charge >= 0.3 is 0 Å². The van der Waals surface area contributed by atoms with Crippen LogP contribution in [0.5, 0.6) is 0 Å². The van der Waals surface area contributed by atoms with Crippen molar-refractivity contribution in [1.29, 1.82) is 0 Å². The maximum Gasteiger partial charge on any atom is 0.185 e. The van der Waals surface area contributed by atoms with Gasteiger partial charge in [0, 0.05) is 23.6 Å². The van der Waals surface area contributed by atoms with Crippen LogP contribution in [-0.4, -0.2) is 39.1 Å². The van der Waals surface area contributed by atoms with Crippen LogP contribution >= 0.6 is 11.3 Å². The molecule has 1 unspecified atom stereocenters. The van der Waals surface area contributed by atoms with E-state index in [1.165, 1.54) is 4.88 Å². The van der Waals surface area contributed by atoms with E-state index in [9.17, 15) is 0 Å². The SMILES string of the molecule is c1ccc(-c2nnc3ccc(N(Cc4cccs4)CC4CCCO4)nn23)cc1. The Morgan fingerprint density at radius 3 is 2.79 bits per heavy atom. The number of thiophene rings is 1. The molecule has 0 bridgehead atoms. The average Bonchev–Trinajstić information content (AvgIpc) is 3.50. The zero-order valence-corrected chi connectivity index (χ0v) is 16.3. The van der Waals surface area contributed by atoms with E-state index in [4.69, 9.17) is 9.84 Å². The van der Waals surface area contributed by atoms with Crippen LogP contribution in [0.3, 0.4) is 0 Å². The van der Waals surface area contributed by atoms with E-state index >= 15 is 0 Å². The van der Waals surface area contributed by atoms with Crippen LogP contribution in [0.1, 0.15) is 17.7 Å². The minimum absolute atomic E-state index is 0.256. The molecule has 7 heteroatoms. The lowest BCUT2D eigenvalue weighted by Crippen LogP contribution is -2.32. The summed E-state index contributed by atoms with van der Waals surface area (Å²) in [5, 5.41) is 15.7. The molecule has 1 aliphatic rings. The van der Waals surface area contributed by atoms with Crippen molar-refractivity contribution >= 4 is 22.8 Å². The predicted octanol–water partition coefficient (Wildman–Crippen LogP) is 4.04. The van der Waals surface area contributed by atoms with Gasteiger partial charge in [-0.25, -0.2) is 0 Å². The highest BCUT2D eigenvalue weighted by Crippen LogP contribution is 2.23. The third-order valence-corrected chi connectivity index (χ3v) is 5.84. The molecule has 0 spiro atoms. The number of hydrogen-bond donors (Lipinski definition) is 0. The Morgan fingerprint density at radius 1 is 1.07 bits per heavy atom.